The molecule has 0 bridgehead atoms. The fourth-order valence-corrected chi connectivity index (χ4v) is 2.09. The summed E-state index contributed by atoms with van der Waals surface area (Å²) < 4.78 is 7.55. The average Bonchev–Trinajstić information content (AvgIpc) is 2.70. The van der Waals surface area contributed by atoms with E-state index in [4.69, 9.17) is 10.5 Å². The maximum absolute atomic E-state index is 5.94. The number of nitrogens with two attached hydrogens (primary N) is 1. The average molecular weight is 259 g/mol. The first-order chi connectivity index (χ1) is 9.02. The van der Waals surface area contributed by atoms with Gasteiger partial charge in [-0.2, -0.15) is 0 Å². The van der Waals surface area contributed by atoms with Crippen molar-refractivity contribution >= 4 is 0 Å². The predicted molar refractivity (Wildman–Crippen MR) is 76.4 cm³/mol. The normalized spacial score (nSPS) is 12.5. The third-order valence-corrected chi connectivity index (χ3v) is 3.52. The van der Waals surface area contributed by atoms with Gasteiger partial charge in [0.1, 0.15) is 5.75 Å². The maximum atomic E-state index is 5.94. The van der Waals surface area contributed by atoms with E-state index < -0.39 is 0 Å². The standard InChI is InChI=1S/C15H21N3O/c1-10(16)13-5-6-15(19-4)14(7-13)8-18-9-17-11(2)12(18)3/h5-7,9-10H,8,16H2,1-4H3. The van der Waals surface area contributed by atoms with Crippen molar-refractivity contribution in [2.24, 2.45) is 5.73 Å². The first-order valence-electron chi connectivity index (χ1n) is 6.43. The molecule has 19 heavy (non-hydrogen) atoms. The largest absolute Gasteiger partial charge is 0.496 e. The van der Waals surface area contributed by atoms with Crippen LogP contribution in [0.15, 0.2) is 24.5 Å². The highest BCUT2D eigenvalue weighted by Gasteiger charge is 2.09. The van der Waals surface area contributed by atoms with Crippen molar-refractivity contribution in [1.29, 1.82) is 0 Å². The predicted octanol–water partition coefficient (Wildman–Crippen LogP) is 2.58. The molecular weight excluding hydrogens is 238 g/mol. The first-order valence-corrected chi connectivity index (χ1v) is 6.43. The lowest BCUT2D eigenvalue weighted by Gasteiger charge is -2.14. The highest BCUT2D eigenvalue weighted by atomic mass is 16.5. The molecule has 1 aromatic carbocycles. The van der Waals surface area contributed by atoms with Crippen LogP contribution in [0.3, 0.4) is 0 Å². The van der Waals surface area contributed by atoms with E-state index in [1.54, 1.807) is 7.11 Å². The Balaban J connectivity index is 2.37. The third kappa shape index (κ3) is 2.79. The van der Waals surface area contributed by atoms with Crippen molar-refractivity contribution in [3.05, 3.63) is 47.0 Å². The highest BCUT2D eigenvalue weighted by Crippen LogP contribution is 2.24. The minimum atomic E-state index is 0.0234. The van der Waals surface area contributed by atoms with Gasteiger partial charge in [0.2, 0.25) is 0 Å². The van der Waals surface area contributed by atoms with Crippen LogP contribution >= 0.6 is 0 Å². The molecule has 0 saturated heterocycles. The number of ether oxygens (including phenoxy) is 1. The number of aromatic nitrogens is 2. The number of imidazole rings is 1. The zero-order valence-electron chi connectivity index (χ0n) is 12.0. The van der Waals surface area contributed by atoms with Gasteiger partial charge in [0, 0.05) is 17.3 Å². The molecule has 102 valence electrons. The minimum absolute atomic E-state index is 0.0234. The van der Waals surface area contributed by atoms with Gasteiger partial charge < -0.3 is 15.0 Å². The molecule has 0 aliphatic heterocycles. The third-order valence-electron chi connectivity index (χ3n) is 3.52. The molecule has 0 amide bonds. The van der Waals surface area contributed by atoms with Crippen LogP contribution in [0.2, 0.25) is 0 Å². The second kappa shape index (κ2) is 5.45. The summed E-state index contributed by atoms with van der Waals surface area (Å²) in [6, 6.07) is 6.13. The van der Waals surface area contributed by atoms with Crippen molar-refractivity contribution < 1.29 is 4.74 Å². The molecule has 1 atom stereocenters. The van der Waals surface area contributed by atoms with Gasteiger partial charge >= 0.3 is 0 Å². The topological polar surface area (TPSA) is 53.1 Å². The summed E-state index contributed by atoms with van der Waals surface area (Å²) in [6.45, 7) is 6.82. The minimum Gasteiger partial charge on any atom is -0.496 e. The Kier molecular flexibility index (Phi) is 3.90. The Labute approximate surface area is 114 Å². The first kappa shape index (κ1) is 13.6. The molecule has 2 aromatic rings. The fraction of sp³-hybridized carbons (Fsp3) is 0.400. The molecule has 4 heteroatoms. The molecule has 1 aromatic heterocycles. The summed E-state index contributed by atoms with van der Waals surface area (Å²) in [5.74, 6) is 0.884. The SMILES string of the molecule is COc1ccc(C(C)N)cc1Cn1cnc(C)c1C. The van der Waals surface area contributed by atoms with E-state index in [1.165, 1.54) is 5.69 Å². The van der Waals surface area contributed by atoms with Crippen molar-refractivity contribution in [3.63, 3.8) is 0 Å². The van der Waals surface area contributed by atoms with E-state index in [9.17, 15) is 0 Å². The zero-order chi connectivity index (χ0) is 14.0. The Morgan fingerprint density at radius 1 is 1.37 bits per heavy atom. The van der Waals surface area contributed by atoms with Gasteiger partial charge in [-0.15, -0.1) is 0 Å². The van der Waals surface area contributed by atoms with Crippen LogP contribution in [0.4, 0.5) is 0 Å². The molecule has 2 rings (SSSR count). The Hall–Kier alpha value is -1.81. The lowest BCUT2D eigenvalue weighted by atomic mass is 10.0. The van der Waals surface area contributed by atoms with Crippen LogP contribution in [0.5, 0.6) is 5.75 Å². The number of aryl methyl sites for hydroxylation is 1. The van der Waals surface area contributed by atoms with E-state index in [0.29, 0.717) is 0 Å². The number of methoxy groups -OCH3 is 1. The number of nitrogens with zero attached hydrogens (tertiary/aromatic N) is 2. The van der Waals surface area contributed by atoms with Crippen LogP contribution in [-0.2, 0) is 6.54 Å². The smallest absolute Gasteiger partial charge is 0.123 e. The second-order valence-corrected chi connectivity index (χ2v) is 4.90. The maximum Gasteiger partial charge on any atom is 0.123 e. The van der Waals surface area contributed by atoms with E-state index in [0.717, 1.165) is 29.1 Å². The van der Waals surface area contributed by atoms with Gasteiger partial charge in [0.25, 0.3) is 0 Å². The van der Waals surface area contributed by atoms with E-state index in [-0.39, 0.29) is 6.04 Å². The number of hydrogen-bond donors (Lipinski definition) is 1. The van der Waals surface area contributed by atoms with Crippen LogP contribution < -0.4 is 10.5 Å². The van der Waals surface area contributed by atoms with Crippen molar-refractivity contribution in [1.82, 2.24) is 9.55 Å². The molecular formula is C15H21N3O. The quantitative estimate of drug-likeness (QED) is 0.918. The Morgan fingerprint density at radius 2 is 2.11 bits per heavy atom. The monoisotopic (exact) mass is 259 g/mol. The second-order valence-electron chi connectivity index (χ2n) is 4.90. The summed E-state index contributed by atoms with van der Waals surface area (Å²) in [7, 11) is 1.69. The van der Waals surface area contributed by atoms with Gasteiger partial charge in [-0.3, -0.25) is 0 Å². The summed E-state index contributed by atoms with van der Waals surface area (Å²) in [5.41, 5.74) is 10.4. The van der Waals surface area contributed by atoms with Gasteiger partial charge in [-0.05, 0) is 38.5 Å². The molecule has 1 heterocycles. The van der Waals surface area contributed by atoms with Crippen LogP contribution in [0.25, 0.3) is 0 Å². The van der Waals surface area contributed by atoms with Crippen molar-refractivity contribution in [2.75, 3.05) is 7.11 Å². The number of hydrogen-bond acceptors (Lipinski definition) is 3. The zero-order valence-corrected chi connectivity index (χ0v) is 12.0. The highest BCUT2D eigenvalue weighted by molar-refractivity contribution is 5.38. The molecule has 0 aliphatic carbocycles. The van der Waals surface area contributed by atoms with Crippen LogP contribution in [0, 0.1) is 13.8 Å². The van der Waals surface area contributed by atoms with Crippen LogP contribution in [0.1, 0.15) is 35.5 Å². The van der Waals surface area contributed by atoms with E-state index in [1.807, 2.05) is 32.3 Å². The molecule has 0 spiro atoms. The number of benzene rings is 1. The van der Waals surface area contributed by atoms with Gasteiger partial charge in [-0.25, -0.2) is 4.98 Å². The summed E-state index contributed by atoms with van der Waals surface area (Å²) in [4.78, 5) is 4.32. The van der Waals surface area contributed by atoms with Crippen LogP contribution in [-0.4, -0.2) is 16.7 Å². The fourth-order valence-electron chi connectivity index (χ4n) is 2.09. The van der Waals surface area contributed by atoms with Gasteiger partial charge in [0.05, 0.1) is 25.7 Å². The summed E-state index contributed by atoms with van der Waals surface area (Å²) >= 11 is 0. The molecule has 0 radical (unpaired) electrons. The summed E-state index contributed by atoms with van der Waals surface area (Å²) in [6.07, 6.45) is 1.86. The molecule has 0 saturated carbocycles. The molecule has 1 unspecified atom stereocenters. The van der Waals surface area contributed by atoms with E-state index >= 15 is 0 Å². The number of rotatable bonds is 4. The lowest BCUT2D eigenvalue weighted by molar-refractivity contribution is 0.408. The summed E-state index contributed by atoms with van der Waals surface area (Å²) in [5, 5.41) is 0. The molecule has 0 fully saturated rings. The molecule has 2 N–H and O–H groups in total. The van der Waals surface area contributed by atoms with Gasteiger partial charge in [0.15, 0.2) is 0 Å². The van der Waals surface area contributed by atoms with E-state index in [2.05, 4.69) is 22.5 Å². The molecule has 4 nitrogen and oxygen atoms in total. The van der Waals surface area contributed by atoms with Crippen molar-refractivity contribution in [3.8, 4) is 5.75 Å². The Bertz CT molecular complexity index is 573. The van der Waals surface area contributed by atoms with Crippen molar-refractivity contribution in [2.45, 2.75) is 33.4 Å². The Morgan fingerprint density at radius 3 is 2.63 bits per heavy atom. The van der Waals surface area contributed by atoms with Gasteiger partial charge in [-0.1, -0.05) is 6.07 Å². The lowest BCUT2D eigenvalue weighted by Crippen LogP contribution is -2.08. The molecule has 0 aliphatic rings.